The monoisotopic (exact) mass is 334 g/mol. The van der Waals surface area contributed by atoms with Crippen molar-refractivity contribution in [3.05, 3.63) is 94.2 Å². The van der Waals surface area contributed by atoms with E-state index in [-0.39, 0.29) is 23.2 Å². The van der Waals surface area contributed by atoms with Crippen LogP contribution < -0.4 is 10.9 Å². The summed E-state index contributed by atoms with van der Waals surface area (Å²) in [5, 5.41) is 7.03. The van der Waals surface area contributed by atoms with Crippen molar-refractivity contribution in [2.75, 3.05) is 0 Å². The number of carbonyl (C=O) groups excluding carboxylic acids is 1. The van der Waals surface area contributed by atoms with E-state index in [1.54, 1.807) is 6.20 Å². The Bertz CT molecular complexity index is 907. The van der Waals surface area contributed by atoms with Gasteiger partial charge in [0.2, 0.25) is 0 Å². The van der Waals surface area contributed by atoms with Gasteiger partial charge in [-0.15, -0.1) is 0 Å². The molecule has 0 fully saturated rings. The van der Waals surface area contributed by atoms with Gasteiger partial charge in [-0.05, 0) is 30.7 Å². The molecule has 0 bridgehead atoms. The lowest BCUT2D eigenvalue weighted by Crippen LogP contribution is -2.31. The van der Waals surface area contributed by atoms with Crippen molar-refractivity contribution in [2.24, 2.45) is 0 Å². The summed E-state index contributed by atoms with van der Waals surface area (Å²) in [5.74, 6) is -0.347. The molecule has 2 heterocycles. The second kappa shape index (κ2) is 7.53. The summed E-state index contributed by atoms with van der Waals surface area (Å²) in [5.41, 5.74) is 1.64. The second-order valence-corrected chi connectivity index (χ2v) is 5.65. The van der Waals surface area contributed by atoms with Gasteiger partial charge in [-0.2, -0.15) is 5.10 Å². The molecule has 0 radical (unpaired) electrons. The first-order chi connectivity index (χ1) is 12.1. The minimum Gasteiger partial charge on any atom is -0.343 e. The van der Waals surface area contributed by atoms with Crippen LogP contribution in [0.25, 0.3) is 0 Å². The number of hydrogen-bond donors (Lipinski definition) is 1. The highest BCUT2D eigenvalue weighted by atomic mass is 16.2. The first-order valence-corrected chi connectivity index (χ1v) is 7.97. The third-order valence-corrected chi connectivity index (χ3v) is 3.75. The Kier molecular flexibility index (Phi) is 4.99. The van der Waals surface area contributed by atoms with E-state index in [9.17, 15) is 9.59 Å². The van der Waals surface area contributed by atoms with Gasteiger partial charge in [-0.1, -0.05) is 36.4 Å². The lowest BCUT2D eigenvalue weighted by molar-refractivity contribution is 0.0931. The first-order valence-electron chi connectivity index (χ1n) is 7.97. The van der Waals surface area contributed by atoms with Crippen molar-refractivity contribution in [3.63, 3.8) is 0 Å². The molecule has 2 aromatic heterocycles. The van der Waals surface area contributed by atoms with Crippen LogP contribution in [0.5, 0.6) is 0 Å². The molecule has 6 heteroatoms. The number of pyridine rings is 1. The zero-order valence-electron chi connectivity index (χ0n) is 13.8. The molecule has 3 aromatic rings. The topological polar surface area (TPSA) is 76.9 Å². The fraction of sp³-hybridized carbons (Fsp3) is 0.158. The van der Waals surface area contributed by atoms with E-state index >= 15 is 0 Å². The highest BCUT2D eigenvalue weighted by Gasteiger charge is 2.14. The third kappa shape index (κ3) is 4.17. The van der Waals surface area contributed by atoms with Gasteiger partial charge in [-0.25, -0.2) is 4.68 Å². The SMILES string of the molecule is C[C@@H](NC(=O)c1ccc(=O)n(Cc2ccccc2)n1)c1ccccn1. The first kappa shape index (κ1) is 16.6. The number of carbonyl (C=O) groups is 1. The molecule has 0 saturated carbocycles. The Morgan fingerprint density at radius 3 is 2.56 bits per heavy atom. The molecule has 6 nitrogen and oxygen atoms in total. The Morgan fingerprint density at radius 2 is 1.84 bits per heavy atom. The van der Waals surface area contributed by atoms with E-state index in [1.807, 2.05) is 55.5 Å². The minimum absolute atomic E-state index is 0.193. The second-order valence-electron chi connectivity index (χ2n) is 5.65. The quantitative estimate of drug-likeness (QED) is 0.776. The highest BCUT2D eigenvalue weighted by Crippen LogP contribution is 2.08. The zero-order valence-corrected chi connectivity index (χ0v) is 13.8. The number of aromatic nitrogens is 3. The molecule has 0 aliphatic heterocycles. The van der Waals surface area contributed by atoms with Crippen molar-refractivity contribution in [2.45, 2.75) is 19.5 Å². The summed E-state index contributed by atoms with van der Waals surface area (Å²) in [4.78, 5) is 28.7. The molecule has 0 saturated heterocycles. The molecular weight excluding hydrogens is 316 g/mol. The van der Waals surface area contributed by atoms with Gasteiger partial charge in [0, 0.05) is 12.3 Å². The third-order valence-electron chi connectivity index (χ3n) is 3.75. The van der Waals surface area contributed by atoms with E-state index in [4.69, 9.17) is 0 Å². The maximum absolute atomic E-state index is 12.4. The van der Waals surface area contributed by atoms with Crippen molar-refractivity contribution >= 4 is 5.91 Å². The molecule has 1 atom stereocenters. The molecule has 1 aromatic carbocycles. The van der Waals surface area contributed by atoms with Gasteiger partial charge < -0.3 is 5.32 Å². The Labute approximate surface area is 145 Å². The summed E-state index contributed by atoms with van der Waals surface area (Å²) in [6.45, 7) is 2.16. The van der Waals surface area contributed by atoms with Crippen molar-refractivity contribution < 1.29 is 4.79 Å². The van der Waals surface area contributed by atoms with E-state index in [0.29, 0.717) is 6.54 Å². The van der Waals surface area contributed by atoms with Crippen LogP contribution >= 0.6 is 0 Å². The Hall–Kier alpha value is -3.28. The van der Waals surface area contributed by atoms with Gasteiger partial charge in [0.15, 0.2) is 0 Å². The van der Waals surface area contributed by atoms with Crippen molar-refractivity contribution in [3.8, 4) is 0 Å². The number of rotatable bonds is 5. The highest BCUT2D eigenvalue weighted by molar-refractivity contribution is 5.92. The average molecular weight is 334 g/mol. The van der Waals surface area contributed by atoms with E-state index in [1.165, 1.54) is 16.8 Å². The summed E-state index contributed by atoms with van der Waals surface area (Å²) >= 11 is 0. The fourth-order valence-electron chi connectivity index (χ4n) is 2.42. The van der Waals surface area contributed by atoms with Crippen LogP contribution in [-0.4, -0.2) is 20.7 Å². The van der Waals surface area contributed by atoms with Gasteiger partial charge in [0.25, 0.3) is 11.5 Å². The smallest absolute Gasteiger partial charge is 0.272 e. The normalized spacial score (nSPS) is 11.7. The number of amides is 1. The van der Waals surface area contributed by atoms with Crippen molar-refractivity contribution in [1.29, 1.82) is 0 Å². The van der Waals surface area contributed by atoms with Crippen LogP contribution in [-0.2, 0) is 6.54 Å². The molecule has 0 aliphatic rings. The molecule has 1 N–H and O–H groups in total. The average Bonchev–Trinajstić information content (AvgIpc) is 2.65. The molecule has 25 heavy (non-hydrogen) atoms. The number of nitrogens with zero attached hydrogens (tertiary/aromatic N) is 3. The van der Waals surface area contributed by atoms with Crippen LogP contribution in [0.4, 0.5) is 0 Å². The predicted octanol–water partition coefficient (Wildman–Crippen LogP) is 2.18. The van der Waals surface area contributed by atoms with Gasteiger partial charge in [-0.3, -0.25) is 14.6 Å². The molecule has 0 unspecified atom stereocenters. The van der Waals surface area contributed by atoms with Gasteiger partial charge in [0.05, 0.1) is 18.3 Å². The van der Waals surface area contributed by atoms with E-state index in [2.05, 4.69) is 15.4 Å². The summed E-state index contributed by atoms with van der Waals surface area (Å²) in [6, 6.07) is 17.6. The number of nitrogens with one attached hydrogen (secondary N) is 1. The zero-order chi connectivity index (χ0) is 17.6. The van der Waals surface area contributed by atoms with E-state index in [0.717, 1.165) is 11.3 Å². The molecule has 0 spiro atoms. The molecule has 0 aliphatic carbocycles. The predicted molar refractivity (Wildman–Crippen MR) is 94.2 cm³/mol. The lowest BCUT2D eigenvalue weighted by Gasteiger charge is -2.13. The standard InChI is InChI=1S/C19H18N4O2/c1-14(16-9-5-6-12-20-16)21-19(25)17-10-11-18(24)23(22-17)13-15-7-3-2-4-8-15/h2-12,14H,13H2,1H3,(H,21,25)/t14-/m1/s1. The summed E-state index contributed by atoms with van der Waals surface area (Å²) < 4.78 is 1.29. The number of benzene rings is 1. The lowest BCUT2D eigenvalue weighted by atomic mass is 10.2. The van der Waals surface area contributed by atoms with Gasteiger partial charge in [0.1, 0.15) is 5.69 Å². The maximum atomic E-state index is 12.4. The molecule has 3 rings (SSSR count). The minimum atomic E-state index is -0.347. The fourth-order valence-corrected chi connectivity index (χ4v) is 2.42. The van der Waals surface area contributed by atoms with Crippen LogP contribution in [0.15, 0.2) is 71.7 Å². The van der Waals surface area contributed by atoms with Crippen LogP contribution in [0.2, 0.25) is 0 Å². The summed E-state index contributed by atoms with van der Waals surface area (Å²) in [6.07, 6.45) is 1.68. The Morgan fingerprint density at radius 1 is 1.08 bits per heavy atom. The maximum Gasteiger partial charge on any atom is 0.272 e. The van der Waals surface area contributed by atoms with Gasteiger partial charge >= 0.3 is 0 Å². The Balaban J connectivity index is 1.77. The summed E-state index contributed by atoms with van der Waals surface area (Å²) in [7, 11) is 0. The van der Waals surface area contributed by atoms with Crippen molar-refractivity contribution in [1.82, 2.24) is 20.1 Å². The van der Waals surface area contributed by atoms with Crippen LogP contribution in [0, 0.1) is 0 Å². The molecule has 1 amide bonds. The molecular formula is C19H18N4O2. The largest absolute Gasteiger partial charge is 0.343 e. The van der Waals surface area contributed by atoms with Crippen LogP contribution in [0.3, 0.4) is 0 Å². The number of hydrogen-bond acceptors (Lipinski definition) is 4. The van der Waals surface area contributed by atoms with Crippen LogP contribution in [0.1, 0.15) is 34.7 Å². The van der Waals surface area contributed by atoms with E-state index < -0.39 is 0 Å². The molecule has 126 valence electrons.